The Morgan fingerprint density at radius 1 is 1.19 bits per heavy atom. The number of anilines is 2. The molecule has 142 valence electrons. The van der Waals surface area contributed by atoms with Gasteiger partial charge in [0.25, 0.3) is 0 Å². The molecule has 0 bridgehead atoms. The normalized spacial score (nSPS) is 24.5. The van der Waals surface area contributed by atoms with Crippen molar-refractivity contribution in [2.75, 3.05) is 62.3 Å². The van der Waals surface area contributed by atoms with Gasteiger partial charge in [-0.2, -0.15) is 4.98 Å². The van der Waals surface area contributed by atoms with Crippen LogP contribution in [0.5, 0.6) is 0 Å². The maximum Gasteiger partial charge on any atom is 0.227 e. The summed E-state index contributed by atoms with van der Waals surface area (Å²) in [6, 6.07) is 2.09. The summed E-state index contributed by atoms with van der Waals surface area (Å²) in [4.78, 5) is 27.4. The van der Waals surface area contributed by atoms with Gasteiger partial charge in [-0.15, -0.1) is 0 Å². The average molecular weight is 361 g/mol. The number of ether oxygens (including phenoxy) is 1. The molecule has 8 heteroatoms. The lowest BCUT2D eigenvalue weighted by atomic mass is 10.0. The average Bonchev–Trinajstić information content (AvgIpc) is 3.02. The Morgan fingerprint density at radius 3 is 2.73 bits per heavy atom. The molecule has 0 spiro atoms. The van der Waals surface area contributed by atoms with Gasteiger partial charge in [-0.1, -0.05) is 0 Å². The molecule has 0 aliphatic carbocycles. The molecule has 26 heavy (non-hydrogen) atoms. The van der Waals surface area contributed by atoms with Gasteiger partial charge in [0.1, 0.15) is 5.82 Å². The molecule has 1 aromatic rings. The molecule has 1 atom stereocenters. The Labute approximate surface area is 153 Å². The lowest BCUT2D eigenvalue weighted by molar-refractivity contribution is -0.128. The van der Waals surface area contributed by atoms with Crippen LogP contribution in [0.15, 0.2) is 6.07 Å². The van der Waals surface area contributed by atoms with Crippen molar-refractivity contribution in [1.82, 2.24) is 14.9 Å². The van der Waals surface area contributed by atoms with Gasteiger partial charge in [0.2, 0.25) is 11.9 Å². The predicted octanol–water partition coefficient (Wildman–Crippen LogP) is 0.220. The number of β-amino-alcohol motifs (C(OH)–C–C–N with tert-alkyl or cyclic N) is 1. The van der Waals surface area contributed by atoms with E-state index in [1.165, 1.54) is 0 Å². The van der Waals surface area contributed by atoms with Crippen LogP contribution in [0.4, 0.5) is 11.8 Å². The summed E-state index contributed by atoms with van der Waals surface area (Å²) >= 11 is 0. The fraction of sp³-hybridized carbons (Fsp3) is 0.722. The molecule has 1 unspecified atom stereocenters. The Hall–Kier alpha value is -1.93. The van der Waals surface area contributed by atoms with Crippen LogP contribution in [0.25, 0.3) is 0 Å². The minimum atomic E-state index is -0.289. The number of aliphatic hydroxyl groups excluding tert-OH is 1. The number of carbonyl (C=O) groups excluding carboxylic acids is 1. The third-order valence-electron chi connectivity index (χ3n) is 5.48. The van der Waals surface area contributed by atoms with Crippen molar-refractivity contribution in [1.29, 1.82) is 0 Å². The van der Waals surface area contributed by atoms with E-state index in [2.05, 4.69) is 11.0 Å². The van der Waals surface area contributed by atoms with Gasteiger partial charge in [-0.25, -0.2) is 4.98 Å². The second kappa shape index (κ2) is 7.36. The zero-order chi connectivity index (χ0) is 18.1. The molecule has 1 N–H and O–H groups in total. The molecule has 0 radical (unpaired) electrons. The van der Waals surface area contributed by atoms with Crippen LogP contribution in [0, 0.1) is 0 Å². The number of hydrogen-bond acceptors (Lipinski definition) is 7. The number of hydrogen-bond donors (Lipinski definition) is 1. The molecule has 0 saturated carbocycles. The van der Waals surface area contributed by atoms with Gasteiger partial charge in [0.05, 0.1) is 18.4 Å². The predicted molar refractivity (Wildman–Crippen MR) is 97.5 cm³/mol. The van der Waals surface area contributed by atoms with E-state index < -0.39 is 0 Å². The van der Waals surface area contributed by atoms with Crippen LogP contribution in [-0.4, -0.2) is 84.5 Å². The first-order valence-electron chi connectivity index (χ1n) is 9.50. The number of amides is 1. The Bertz CT molecular complexity index is 658. The highest BCUT2D eigenvalue weighted by atomic mass is 16.5. The van der Waals surface area contributed by atoms with Crippen molar-refractivity contribution in [3.8, 4) is 0 Å². The second-order valence-electron chi connectivity index (χ2n) is 7.42. The number of nitrogens with zero attached hydrogens (tertiary/aromatic N) is 5. The zero-order valence-corrected chi connectivity index (χ0v) is 15.3. The van der Waals surface area contributed by atoms with Crippen molar-refractivity contribution in [3.63, 3.8) is 0 Å². The molecule has 3 aliphatic heterocycles. The Morgan fingerprint density at radius 2 is 2.04 bits per heavy atom. The molecular weight excluding hydrogens is 334 g/mol. The fourth-order valence-corrected chi connectivity index (χ4v) is 3.80. The number of aliphatic hydroxyl groups is 1. The van der Waals surface area contributed by atoms with E-state index in [0.717, 1.165) is 57.1 Å². The Kier molecular flexibility index (Phi) is 4.95. The number of carbonyl (C=O) groups is 1. The molecule has 3 saturated heterocycles. The molecule has 3 aliphatic rings. The van der Waals surface area contributed by atoms with Crippen molar-refractivity contribution < 1.29 is 14.6 Å². The molecule has 0 aromatic carbocycles. The monoisotopic (exact) mass is 361 g/mol. The summed E-state index contributed by atoms with van der Waals surface area (Å²) in [6.07, 6.45) is 1.63. The van der Waals surface area contributed by atoms with Crippen molar-refractivity contribution in [3.05, 3.63) is 11.8 Å². The summed E-state index contributed by atoms with van der Waals surface area (Å²) in [6.45, 7) is 7.46. The molecular formula is C18H27N5O3. The fourth-order valence-electron chi connectivity index (χ4n) is 3.80. The van der Waals surface area contributed by atoms with Gasteiger partial charge < -0.3 is 24.5 Å². The van der Waals surface area contributed by atoms with Gasteiger partial charge in [-0.05, 0) is 12.8 Å². The van der Waals surface area contributed by atoms with Crippen LogP contribution < -0.4 is 9.80 Å². The number of aromatic nitrogens is 2. The highest BCUT2D eigenvalue weighted by Crippen LogP contribution is 2.29. The molecule has 4 rings (SSSR count). The SMILES string of the molecule is CC(=O)N1CCCN(c2cc(C3CCOC3)nc(N3CC(O)C3)n2)CC1. The third-order valence-corrected chi connectivity index (χ3v) is 5.48. The minimum Gasteiger partial charge on any atom is -0.389 e. The summed E-state index contributed by atoms with van der Waals surface area (Å²) < 4.78 is 5.54. The van der Waals surface area contributed by atoms with E-state index in [4.69, 9.17) is 14.7 Å². The zero-order valence-electron chi connectivity index (χ0n) is 15.3. The Balaban J connectivity index is 1.58. The van der Waals surface area contributed by atoms with Crippen molar-refractivity contribution in [2.45, 2.75) is 31.8 Å². The van der Waals surface area contributed by atoms with Gasteiger partial charge in [-0.3, -0.25) is 4.79 Å². The smallest absolute Gasteiger partial charge is 0.227 e. The first-order valence-corrected chi connectivity index (χ1v) is 9.50. The molecule has 8 nitrogen and oxygen atoms in total. The molecule has 3 fully saturated rings. The van der Waals surface area contributed by atoms with Crippen LogP contribution in [0.1, 0.15) is 31.4 Å². The van der Waals surface area contributed by atoms with E-state index in [1.807, 2.05) is 9.80 Å². The van der Waals surface area contributed by atoms with Crippen LogP contribution in [0.2, 0.25) is 0 Å². The van der Waals surface area contributed by atoms with Gasteiger partial charge in [0.15, 0.2) is 0 Å². The van der Waals surface area contributed by atoms with E-state index >= 15 is 0 Å². The van der Waals surface area contributed by atoms with Crippen molar-refractivity contribution in [2.24, 2.45) is 0 Å². The summed E-state index contributed by atoms with van der Waals surface area (Å²) in [7, 11) is 0. The third kappa shape index (κ3) is 3.61. The molecule has 1 amide bonds. The molecule has 4 heterocycles. The maximum atomic E-state index is 11.7. The lowest BCUT2D eigenvalue weighted by Crippen LogP contribution is -2.51. The first kappa shape index (κ1) is 17.5. The van der Waals surface area contributed by atoms with Crippen molar-refractivity contribution >= 4 is 17.7 Å². The topological polar surface area (TPSA) is 82.0 Å². The first-order chi connectivity index (χ1) is 12.6. The van der Waals surface area contributed by atoms with Crippen LogP contribution >= 0.6 is 0 Å². The van der Waals surface area contributed by atoms with E-state index in [0.29, 0.717) is 31.6 Å². The lowest BCUT2D eigenvalue weighted by Gasteiger charge is -2.36. The number of rotatable bonds is 3. The molecule has 1 aromatic heterocycles. The summed E-state index contributed by atoms with van der Waals surface area (Å²) in [5.41, 5.74) is 1.02. The summed E-state index contributed by atoms with van der Waals surface area (Å²) in [5, 5.41) is 9.63. The highest BCUT2D eigenvalue weighted by Gasteiger charge is 2.30. The summed E-state index contributed by atoms with van der Waals surface area (Å²) in [5.74, 6) is 2.06. The minimum absolute atomic E-state index is 0.133. The van der Waals surface area contributed by atoms with Gasteiger partial charge in [0, 0.05) is 64.8 Å². The largest absolute Gasteiger partial charge is 0.389 e. The van der Waals surface area contributed by atoms with Gasteiger partial charge >= 0.3 is 0 Å². The van der Waals surface area contributed by atoms with E-state index in [-0.39, 0.29) is 12.0 Å². The highest BCUT2D eigenvalue weighted by molar-refractivity contribution is 5.73. The van der Waals surface area contributed by atoms with Crippen LogP contribution in [-0.2, 0) is 9.53 Å². The standard InChI is InChI=1S/C18H27N5O3/c1-13(24)21-4-2-5-22(7-6-21)17-9-16(14-3-8-26-12-14)19-18(20-17)23-10-15(25)11-23/h9,14-15,25H,2-8,10-12H2,1H3. The maximum absolute atomic E-state index is 11.7. The quantitative estimate of drug-likeness (QED) is 0.825. The second-order valence-corrected chi connectivity index (χ2v) is 7.42. The van der Waals surface area contributed by atoms with E-state index in [9.17, 15) is 9.90 Å². The van der Waals surface area contributed by atoms with Crippen LogP contribution in [0.3, 0.4) is 0 Å². The van der Waals surface area contributed by atoms with E-state index in [1.54, 1.807) is 6.92 Å².